The zero-order valence-electron chi connectivity index (χ0n) is 19.6. The number of phenols is 1. The Morgan fingerprint density at radius 2 is 1.69 bits per heavy atom. The zero-order chi connectivity index (χ0) is 23.6. The minimum absolute atomic E-state index is 0.0416. The minimum atomic E-state index is -0.399. The van der Waals surface area contributed by atoms with Crippen LogP contribution in [0.3, 0.4) is 0 Å². The van der Waals surface area contributed by atoms with E-state index < -0.39 is 5.91 Å². The van der Waals surface area contributed by atoms with Crippen LogP contribution in [-0.4, -0.2) is 58.8 Å². The van der Waals surface area contributed by atoms with Crippen LogP contribution in [0.15, 0.2) is 29.6 Å². The van der Waals surface area contributed by atoms with Gasteiger partial charge in [-0.05, 0) is 37.8 Å². The molecule has 1 aromatic rings. The number of hydrogen-bond acceptors (Lipinski definition) is 6. The lowest BCUT2D eigenvalue weighted by atomic mass is 9.94. The molecule has 1 atom stereocenters. The third kappa shape index (κ3) is 4.59. The van der Waals surface area contributed by atoms with E-state index >= 15 is 0 Å². The molecule has 1 heterocycles. The van der Waals surface area contributed by atoms with Gasteiger partial charge < -0.3 is 20.6 Å². The number of rotatable bonds is 7. The standard InChI is InChI=1S/C24H34N4O4/c1-14(2)15(3)25-19-20(24(32)28(23(19)31)16-10-7-6-8-11-16)26-18-13-9-12-17(21(18)29)22(30)27(4)5/h9,12-16,25-26,29H,6-8,10-11H2,1-5H3/t15-/m0/s1. The molecule has 0 aromatic heterocycles. The number of phenolic OH excluding ortho intramolecular Hbond substituents is 1. The normalized spacial score (nSPS) is 18.4. The fourth-order valence-electron chi connectivity index (χ4n) is 4.05. The van der Waals surface area contributed by atoms with Crippen molar-refractivity contribution in [3.05, 3.63) is 35.2 Å². The average Bonchev–Trinajstić information content (AvgIpc) is 2.98. The number of anilines is 1. The molecule has 0 radical (unpaired) electrons. The van der Waals surface area contributed by atoms with Gasteiger partial charge in [-0.2, -0.15) is 0 Å². The summed E-state index contributed by atoms with van der Waals surface area (Å²) >= 11 is 0. The highest BCUT2D eigenvalue weighted by atomic mass is 16.3. The number of nitrogens with one attached hydrogen (secondary N) is 2. The summed E-state index contributed by atoms with van der Waals surface area (Å²) in [5.74, 6) is -1.11. The topological polar surface area (TPSA) is 102 Å². The molecule has 1 aliphatic heterocycles. The van der Waals surface area contributed by atoms with E-state index in [1.54, 1.807) is 26.2 Å². The number of imide groups is 1. The molecule has 1 saturated carbocycles. The summed E-state index contributed by atoms with van der Waals surface area (Å²) in [4.78, 5) is 41.9. The molecule has 174 valence electrons. The number of para-hydroxylation sites is 1. The molecule has 0 bridgehead atoms. The van der Waals surface area contributed by atoms with Crippen LogP contribution in [0.5, 0.6) is 5.75 Å². The molecule has 0 spiro atoms. The predicted octanol–water partition coefficient (Wildman–Crippen LogP) is 3.05. The zero-order valence-corrected chi connectivity index (χ0v) is 19.6. The third-order valence-corrected chi connectivity index (χ3v) is 6.36. The second-order valence-corrected chi connectivity index (χ2v) is 9.23. The SMILES string of the molecule is CC(C)[C@H](C)NC1=C(Nc2cccc(C(=O)N(C)C)c2O)C(=O)N(C2CCCCC2)C1=O. The van der Waals surface area contributed by atoms with Crippen molar-refractivity contribution in [1.29, 1.82) is 0 Å². The maximum atomic E-state index is 13.4. The lowest BCUT2D eigenvalue weighted by molar-refractivity contribution is -0.141. The number of benzene rings is 1. The van der Waals surface area contributed by atoms with Gasteiger partial charge in [0.25, 0.3) is 17.7 Å². The van der Waals surface area contributed by atoms with Crippen LogP contribution in [0, 0.1) is 5.92 Å². The van der Waals surface area contributed by atoms with E-state index in [-0.39, 0.29) is 58.2 Å². The average molecular weight is 443 g/mol. The lowest BCUT2D eigenvalue weighted by Gasteiger charge is -2.30. The first-order valence-corrected chi connectivity index (χ1v) is 11.3. The van der Waals surface area contributed by atoms with Crippen LogP contribution in [0.25, 0.3) is 0 Å². The number of hydrogen-bond donors (Lipinski definition) is 3. The quantitative estimate of drug-likeness (QED) is 0.443. The fraction of sp³-hybridized carbons (Fsp3) is 0.542. The number of carbonyl (C=O) groups excluding carboxylic acids is 3. The Hall–Kier alpha value is -3.03. The van der Waals surface area contributed by atoms with Gasteiger partial charge in [-0.25, -0.2) is 0 Å². The maximum absolute atomic E-state index is 13.4. The highest BCUT2D eigenvalue weighted by Gasteiger charge is 2.43. The summed E-state index contributed by atoms with van der Waals surface area (Å²) in [6, 6.07) is 4.57. The van der Waals surface area contributed by atoms with Crippen molar-refractivity contribution < 1.29 is 19.5 Å². The molecule has 32 heavy (non-hydrogen) atoms. The number of nitrogens with zero attached hydrogens (tertiary/aromatic N) is 2. The van der Waals surface area contributed by atoms with Gasteiger partial charge in [0.1, 0.15) is 11.4 Å². The van der Waals surface area contributed by atoms with Crippen LogP contribution in [0.2, 0.25) is 0 Å². The van der Waals surface area contributed by atoms with Gasteiger partial charge in [-0.1, -0.05) is 39.2 Å². The van der Waals surface area contributed by atoms with E-state index in [1.165, 1.54) is 15.9 Å². The molecule has 2 aliphatic rings. The lowest BCUT2D eigenvalue weighted by Crippen LogP contribution is -2.44. The first kappa shape index (κ1) is 23.6. The van der Waals surface area contributed by atoms with E-state index in [9.17, 15) is 19.5 Å². The first-order chi connectivity index (χ1) is 15.1. The van der Waals surface area contributed by atoms with Gasteiger partial charge in [0, 0.05) is 26.2 Å². The molecule has 8 heteroatoms. The van der Waals surface area contributed by atoms with Crippen molar-refractivity contribution in [3.63, 3.8) is 0 Å². The van der Waals surface area contributed by atoms with Crippen LogP contribution in [0.4, 0.5) is 5.69 Å². The van der Waals surface area contributed by atoms with Crippen molar-refractivity contribution in [1.82, 2.24) is 15.1 Å². The first-order valence-electron chi connectivity index (χ1n) is 11.3. The Labute approximate surface area is 189 Å². The molecule has 3 rings (SSSR count). The second kappa shape index (κ2) is 9.63. The number of aromatic hydroxyl groups is 1. The largest absolute Gasteiger partial charge is 0.505 e. The molecule has 1 fully saturated rings. The summed E-state index contributed by atoms with van der Waals surface area (Å²) in [7, 11) is 3.20. The Bertz CT molecular complexity index is 932. The predicted molar refractivity (Wildman–Crippen MR) is 123 cm³/mol. The molecule has 0 saturated heterocycles. The van der Waals surface area contributed by atoms with Gasteiger partial charge in [0.05, 0.1) is 11.3 Å². The van der Waals surface area contributed by atoms with Crippen LogP contribution >= 0.6 is 0 Å². The molecule has 8 nitrogen and oxygen atoms in total. The molecular formula is C24H34N4O4. The minimum Gasteiger partial charge on any atom is -0.505 e. The number of carbonyl (C=O) groups is 3. The van der Waals surface area contributed by atoms with Crippen molar-refractivity contribution in [2.75, 3.05) is 19.4 Å². The van der Waals surface area contributed by atoms with Crippen LogP contribution in [0.1, 0.15) is 63.2 Å². The van der Waals surface area contributed by atoms with Crippen LogP contribution < -0.4 is 10.6 Å². The highest BCUT2D eigenvalue weighted by molar-refractivity contribution is 6.20. The molecular weight excluding hydrogens is 408 g/mol. The molecule has 1 aromatic carbocycles. The number of amides is 3. The van der Waals surface area contributed by atoms with Crippen molar-refractivity contribution in [2.24, 2.45) is 5.92 Å². The Morgan fingerprint density at radius 1 is 1.06 bits per heavy atom. The van der Waals surface area contributed by atoms with E-state index in [1.807, 2.05) is 20.8 Å². The second-order valence-electron chi connectivity index (χ2n) is 9.23. The summed E-state index contributed by atoms with van der Waals surface area (Å²) in [6.45, 7) is 6.03. The van der Waals surface area contributed by atoms with E-state index in [2.05, 4.69) is 10.6 Å². The van der Waals surface area contributed by atoms with Crippen molar-refractivity contribution >= 4 is 23.4 Å². The molecule has 3 amide bonds. The summed E-state index contributed by atoms with van der Waals surface area (Å²) in [5, 5.41) is 16.9. The fourth-order valence-corrected chi connectivity index (χ4v) is 4.05. The molecule has 0 unspecified atom stereocenters. The Kier molecular flexibility index (Phi) is 7.11. The van der Waals surface area contributed by atoms with Gasteiger partial charge in [-0.15, -0.1) is 0 Å². The van der Waals surface area contributed by atoms with Crippen LogP contribution in [-0.2, 0) is 9.59 Å². The summed E-state index contributed by atoms with van der Waals surface area (Å²) in [5.41, 5.74) is 0.644. The third-order valence-electron chi connectivity index (χ3n) is 6.36. The summed E-state index contributed by atoms with van der Waals surface area (Å²) in [6.07, 6.45) is 4.70. The Balaban J connectivity index is 1.99. The van der Waals surface area contributed by atoms with E-state index in [0.29, 0.717) is 0 Å². The highest BCUT2D eigenvalue weighted by Crippen LogP contribution is 2.34. The Morgan fingerprint density at radius 3 is 2.28 bits per heavy atom. The molecule has 1 aliphatic carbocycles. The smallest absolute Gasteiger partial charge is 0.279 e. The van der Waals surface area contributed by atoms with Crippen molar-refractivity contribution in [2.45, 2.75) is 65.0 Å². The molecule has 3 N–H and O–H groups in total. The van der Waals surface area contributed by atoms with Gasteiger partial charge in [-0.3, -0.25) is 19.3 Å². The van der Waals surface area contributed by atoms with Gasteiger partial charge in [0.15, 0.2) is 5.75 Å². The van der Waals surface area contributed by atoms with E-state index in [4.69, 9.17) is 0 Å². The monoisotopic (exact) mass is 442 g/mol. The van der Waals surface area contributed by atoms with Gasteiger partial charge >= 0.3 is 0 Å². The van der Waals surface area contributed by atoms with Crippen molar-refractivity contribution in [3.8, 4) is 5.75 Å². The maximum Gasteiger partial charge on any atom is 0.279 e. The van der Waals surface area contributed by atoms with Gasteiger partial charge in [0.2, 0.25) is 0 Å². The summed E-state index contributed by atoms with van der Waals surface area (Å²) < 4.78 is 0. The van der Waals surface area contributed by atoms with E-state index in [0.717, 1.165) is 32.1 Å².